The van der Waals surface area contributed by atoms with Crippen LogP contribution in [0.3, 0.4) is 0 Å². The van der Waals surface area contributed by atoms with Crippen LogP contribution in [0.1, 0.15) is 15.9 Å². The third-order valence-electron chi connectivity index (χ3n) is 4.82. The van der Waals surface area contributed by atoms with Crippen molar-refractivity contribution in [1.82, 2.24) is 10.3 Å². The number of rotatable bonds is 6. The summed E-state index contributed by atoms with van der Waals surface area (Å²) < 4.78 is 13.9. The summed E-state index contributed by atoms with van der Waals surface area (Å²) >= 11 is 7.63. The minimum absolute atomic E-state index is 0.110. The van der Waals surface area contributed by atoms with Crippen LogP contribution in [-0.4, -0.2) is 23.2 Å². The lowest BCUT2D eigenvalue weighted by Crippen LogP contribution is -2.26. The first-order valence-corrected chi connectivity index (χ1v) is 10.9. The molecule has 152 valence electrons. The first-order valence-electron chi connectivity index (χ1n) is 9.57. The van der Waals surface area contributed by atoms with Crippen LogP contribution in [0.15, 0.2) is 71.6 Å². The third-order valence-corrected chi connectivity index (χ3v) is 6.26. The number of aryl methyl sites for hydroxylation is 1. The average molecular weight is 439 g/mol. The van der Waals surface area contributed by atoms with E-state index >= 15 is 0 Å². The lowest BCUT2D eigenvalue weighted by atomic mass is 10.1. The standard InChI is InChI=1S/C24H20ClFN2OS/c1-15-9-11-16(12-10-15)22-23(17-5-2-3-8-20(17)28-22)30-14-13-27-24(29)21-18(25)6-4-7-19(21)26/h2-12,28H,13-14H2,1H3,(H,27,29). The Morgan fingerprint density at radius 1 is 1.07 bits per heavy atom. The average Bonchev–Trinajstić information content (AvgIpc) is 3.10. The highest BCUT2D eigenvalue weighted by atomic mass is 35.5. The number of carbonyl (C=O) groups is 1. The van der Waals surface area contributed by atoms with Gasteiger partial charge in [0.15, 0.2) is 0 Å². The number of hydrogen-bond acceptors (Lipinski definition) is 2. The number of amides is 1. The van der Waals surface area contributed by atoms with Crippen LogP contribution in [0.4, 0.5) is 4.39 Å². The normalized spacial score (nSPS) is 11.0. The molecule has 0 saturated carbocycles. The molecule has 0 aliphatic rings. The fourth-order valence-electron chi connectivity index (χ4n) is 3.31. The van der Waals surface area contributed by atoms with Gasteiger partial charge >= 0.3 is 0 Å². The van der Waals surface area contributed by atoms with Crippen LogP contribution in [0, 0.1) is 12.7 Å². The largest absolute Gasteiger partial charge is 0.354 e. The van der Waals surface area contributed by atoms with Gasteiger partial charge in [-0.3, -0.25) is 4.79 Å². The molecule has 3 aromatic carbocycles. The molecule has 0 saturated heterocycles. The summed E-state index contributed by atoms with van der Waals surface area (Å²) in [6.07, 6.45) is 0. The highest BCUT2D eigenvalue weighted by molar-refractivity contribution is 7.99. The van der Waals surface area contributed by atoms with Crippen molar-refractivity contribution in [2.24, 2.45) is 0 Å². The van der Waals surface area contributed by atoms with Gasteiger partial charge in [0.2, 0.25) is 0 Å². The number of thioether (sulfide) groups is 1. The minimum atomic E-state index is -0.620. The van der Waals surface area contributed by atoms with Crippen molar-refractivity contribution in [3.63, 3.8) is 0 Å². The highest BCUT2D eigenvalue weighted by Gasteiger charge is 2.16. The van der Waals surface area contributed by atoms with Gasteiger partial charge in [-0.15, -0.1) is 11.8 Å². The van der Waals surface area contributed by atoms with E-state index < -0.39 is 11.7 Å². The molecular weight excluding hydrogens is 419 g/mol. The Morgan fingerprint density at radius 3 is 2.60 bits per heavy atom. The van der Waals surface area contributed by atoms with Crippen molar-refractivity contribution >= 4 is 40.2 Å². The number of fused-ring (bicyclic) bond motifs is 1. The Morgan fingerprint density at radius 2 is 1.83 bits per heavy atom. The van der Waals surface area contributed by atoms with Crippen molar-refractivity contribution in [1.29, 1.82) is 0 Å². The lowest BCUT2D eigenvalue weighted by Gasteiger charge is -2.09. The Bertz CT molecular complexity index is 1180. The number of halogens is 2. The number of aromatic amines is 1. The second-order valence-corrected chi connectivity index (χ2v) is 8.45. The molecule has 0 fully saturated rings. The summed E-state index contributed by atoms with van der Waals surface area (Å²) in [5, 5.41) is 4.01. The van der Waals surface area contributed by atoms with E-state index in [1.807, 2.05) is 12.1 Å². The Kier molecular flexibility index (Phi) is 6.11. The Labute approximate surface area is 183 Å². The predicted octanol–water partition coefficient (Wildman–Crippen LogP) is 6.46. The van der Waals surface area contributed by atoms with Crippen LogP contribution >= 0.6 is 23.4 Å². The smallest absolute Gasteiger partial charge is 0.255 e. The topological polar surface area (TPSA) is 44.9 Å². The zero-order valence-electron chi connectivity index (χ0n) is 16.3. The quantitative estimate of drug-likeness (QED) is 0.268. The molecular formula is C24H20ClFN2OS. The molecule has 0 radical (unpaired) electrons. The number of nitrogens with one attached hydrogen (secondary N) is 2. The van der Waals surface area contributed by atoms with E-state index in [2.05, 4.69) is 53.6 Å². The van der Waals surface area contributed by atoms with E-state index in [-0.39, 0.29) is 10.6 Å². The molecule has 1 heterocycles. The fourth-order valence-corrected chi connectivity index (χ4v) is 4.61. The maximum atomic E-state index is 13.9. The van der Waals surface area contributed by atoms with E-state index in [9.17, 15) is 9.18 Å². The van der Waals surface area contributed by atoms with E-state index in [0.717, 1.165) is 27.1 Å². The molecule has 1 amide bonds. The molecule has 3 nitrogen and oxygen atoms in total. The molecule has 0 unspecified atom stereocenters. The van der Waals surface area contributed by atoms with Crippen LogP contribution in [0.2, 0.25) is 5.02 Å². The number of carbonyl (C=O) groups excluding carboxylic acids is 1. The maximum Gasteiger partial charge on any atom is 0.255 e. The SMILES string of the molecule is Cc1ccc(-c2[nH]c3ccccc3c2SCCNC(=O)c2c(F)cccc2Cl)cc1. The predicted molar refractivity (Wildman–Crippen MR) is 123 cm³/mol. The molecule has 0 aliphatic heterocycles. The summed E-state index contributed by atoms with van der Waals surface area (Å²) in [5.74, 6) is -0.485. The van der Waals surface area contributed by atoms with Gasteiger partial charge in [0.1, 0.15) is 5.82 Å². The molecule has 1 aromatic heterocycles. The van der Waals surface area contributed by atoms with Crippen molar-refractivity contribution in [2.75, 3.05) is 12.3 Å². The lowest BCUT2D eigenvalue weighted by molar-refractivity contribution is 0.0952. The van der Waals surface area contributed by atoms with Gasteiger partial charge in [-0.25, -0.2) is 4.39 Å². The van der Waals surface area contributed by atoms with Gasteiger partial charge < -0.3 is 10.3 Å². The molecule has 0 atom stereocenters. The fraction of sp³-hybridized carbons (Fsp3) is 0.125. The second-order valence-electron chi connectivity index (χ2n) is 6.94. The van der Waals surface area contributed by atoms with Crippen molar-refractivity contribution in [2.45, 2.75) is 11.8 Å². The van der Waals surface area contributed by atoms with E-state index in [1.54, 1.807) is 11.8 Å². The molecule has 4 aromatic rings. The minimum Gasteiger partial charge on any atom is -0.354 e. The third kappa shape index (κ3) is 4.23. The van der Waals surface area contributed by atoms with Crippen molar-refractivity contribution < 1.29 is 9.18 Å². The van der Waals surface area contributed by atoms with E-state index in [4.69, 9.17) is 11.6 Å². The number of hydrogen-bond donors (Lipinski definition) is 2. The number of para-hydroxylation sites is 1. The summed E-state index contributed by atoms with van der Waals surface area (Å²) in [6, 6.07) is 20.8. The van der Waals surface area contributed by atoms with Crippen LogP contribution in [0.5, 0.6) is 0 Å². The van der Waals surface area contributed by atoms with Gasteiger partial charge in [-0.1, -0.05) is 65.7 Å². The van der Waals surface area contributed by atoms with Crippen molar-refractivity contribution in [3.05, 3.63) is 88.7 Å². The molecule has 30 heavy (non-hydrogen) atoms. The highest BCUT2D eigenvalue weighted by Crippen LogP contribution is 2.37. The van der Waals surface area contributed by atoms with Crippen molar-refractivity contribution in [3.8, 4) is 11.3 Å². The number of aromatic nitrogens is 1. The van der Waals surface area contributed by atoms with Gasteiger partial charge in [0.05, 0.1) is 16.3 Å². The Hall–Kier alpha value is -2.76. The van der Waals surface area contributed by atoms with Gasteiger partial charge in [-0.05, 0) is 30.7 Å². The summed E-state index contributed by atoms with van der Waals surface area (Å²) in [7, 11) is 0. The monoisotopic (exact) mass is 438 g/mol. The summed E-state index contributed by atoms with van der Waals surface area (Å²) in [4.78, 5) is 17.0. The maximum absolute atomic E-state index is 13.9. The molecule has 4 rings (SSSR count). The Balaban J connectivity index is 1.51. The molecule has 6 heteroatoms. The zero-order chi connectivity index (χ0) is 21.1. The first kappa shape index (κ1) is 20.5. The molecule has 0 bridgehead atoms. The van der Waals surface area contributed by atoms with Crippen LogP contribution < -0.4 is 5.32 Å². The molecule has 2 N–H and O–H groups in total. The zero-order valence-corrected chi connectivity index (χ0v) is 17.9. The van der Waals surface area contributed by atoms with Crippen LogP contribution in [-0.2, 0) is 0 Å². The first-order chi connectivity index (χ1) is 14.5. The van der Waals surface area contributed by atoms with Gasteiger partial charge in [-0.2, -0.15) is 0 Å². The second kappa shape index (κ2) is 8.94. The summed E-state index contributed by atoms with van der Waals surface area (Å²) in [5.41, 5.74) is 4.33. The van der Waals surface area contributed by atoms with E-state index in [0.29, 0.717) is 12.3 Å². The number of benzene rings is 3. The van der Waals surface area contributed by atoms with Gasteiger partial charge in [0, 0.05) is 28.1 Å². The van der Waals surface area contributed by atoms with E-state index in [1.165, 1.54) is 23.8 Å². The molecule has 0 aliphatic carbocycles. The van der Waals surface area contributed by atoms with Gasteiger partial charge in [0.25, 0.3) is 5.91 Å². The molecule has 0 spiro atoms. The number of H-pyrrole nitrogens is 1. The van der Waals surface area contributed by atoms with Crippen LogP contribution in [0.25, 0.3) is 22.2 Å². The summed E-state index contributed by atoms with van der Waals surface area (Å²) in [6.45, 7) is 2.45.